The van der Waals surface area contributed by atoms with Crippen molar-refractivity contribution in [2.24, 2.45) is 5.92 Å². The van der Waals surface area contributed by atoms with E-state index >= 15 is 0 Å². The molecule has 1 fully saturated rings. The number of carbonyl (C=O) groups is 1. The first-order valence-corrected chi connectivity index (χ1v) is 11.1. The van der Waals surface area contributed by atoms with Gasteiger partial charge in [-0.05, 0) is 43.2 Å². The van der Waals surface area contributed by atoms with Crippen molar-refractivity contribution in [3.8, 4) is 5.69 Å². The highest BCUT2D eigenvalue weighted by molar-refractivity contribution is 7.20. The summed E-state index contributed by atoms with van der Waals surface area (Å²) in [7, 11) is 0. The monoisotopic (exact) mass is 430 g/mol. The molecule has 3 aromatic rings. The van der Waals surface area contributed by atoms with Crippen LogP contribution in [0.3, 0.4) is 0 Å². The van der Waals surface area contributed by atoms with Gasteiger partial charge in [-0.2, -0.15) is 5.10 Å². The van der Waals surface area contributed by atoms with E-state index in [0.717, 1.165) is 41.2 Å². The van der Waals surface area contributed by atoms with Crippen molar-refractivity contribution in [1.82, 2.24) is 20.0 Å². The minimum Gasteiger partial charge on any atom is -0.374 e. The second kappa shape index (κ2) is 8.83. The van der Waals surface area contributed by atoms with Gasteiger partial charge in [0, 0.05) is 31.6 Å². The van der Waals surface area contributed by atoms with Crippen molar-refractivity contribution in [3.05, 3.63) is 46.7 Å². The fourth-order valence-corrected chi connectivity index (χ4v) is 4.90. The summed E-state index contributed by atoms with van der Waals surface area (Å²) in [4.78, 5) is 16.7. The van der Waals surface area contributed by atoms with Crippen LogP contribution in [-0.2, 0) is 4.74 Å². The van der Waals surface area contributed by atoms with Gasteiger partial charge >= 0.3 is 0 Å². The predicted molar refractivity (Wildman–Crippen MR) is 117 cm³/mol. The molecule has 8 heteroatoms. The van der Waals surface area contributed by atoms with Crippen LogP contribution in [0.2, 0.25) is 0 Å². The van der Waals surface area contributed by atoms with Crippen molar-refractivity contribution >= 4 is 27.5 Å². The molecule has 1 amide bonds. The number of hydrogen-bond donors (Lipinski definition) is 1. The largest absolute Gasteiger partial charge is 0.374 e. The van der Waals surface area contributed by atoms with Gasteiger partial charge in [-0.25, -0.2) is 9.07 Å². The maximum absolute atomic E-state index is 13.3. The predicted octanol–water partition coefficient (Wildman–Crippen LogP) is 3.62. The maximum Gasteiger partial charge on any atom is 0.261 e. The van der Waals surface area contributed by atoms with E-state index in [2.05, 4.69) is 29.2 Å². The maximum atomic E-state index is 13.3. The van der Waals surface area contributed by atoms with E-state index in [1.807, 2.05) is 13.0 Å². The van der Waals surface area contributed by atoms with E-state index in [1.165, 1.54) is 23.5 Å². The molecule has 0 radical (unpaired) electrons. The van der Waals surface area contributed by atoms with Crippen LogP contribution in [0.5, 0.6) is 0 Å². The van der Waals surface area contributed by atoms with Crippen LogP contribution in [0.15, 0.2) is 30.3 Å². The highest BCUT2D eigenvalue weighted by Crippen LogP contribution is 2.30. The van der Waals surface area contributed by atoms with Gasteiger partial charge in [0.25, 0.3) is 5.91 Å². The number of carbonyl (C=O) groups excluding carboxylic acids is 1. The van der Waals surface area contributed by atoms with E-state index < -0.39 is 0 Å². The molecular formula is C22H27FN4O2S. The van der Waals surface area contributed by atoms with Crippen LogP contribution in [0.1, 0.15) is 29.2 Å². The molecular weight excluding hydrogens is 403 g/mol. The third-order valence-electron chi connectivity index (χ3n) is 5.18. The number of halogens is 1. The van der Waals surface area contributed by atoms with Gasteiger partial charge in [0.15, 0.2) is 0 Å². The van der Waals surface area contributed by atoms with Crippen molar-refractivity contribution < 1.29 is 13.9 Å². The molecule has 1 aromatic carbocycles. The molecule has 30 heavy (non-hydrogen) atoms. The number of ether oxygens (including phenoxy) is 1. The molecule has 0 saturated carbocycles. The van der Waals surface area contributed by atoms with Gasteiger partial charge in [-0.3, -0.25) is 9.69 Å². The molecule has 0 spiro atoms. The van der Waals surface area contributed by atoms with E-state index in [4.69, 9.17) is 4.74 Å². The van der Waals surface area contributed by atoms with Crippen LogP contribution in [0, 0.1) is 18.7 Å². The number of rotatable bonds is 6. The standard InChI is InChI=1S/C22H27FN4O2S/c1-14(2)12-26-8-9-29-18(13-26)11-24-21(28)20-10-19-15(3)25-27(22(19)30-20)17-6-4-16(23)5-7-17/h4-7,10,14,18H,8-9,11-13H2,1-3H3,(H,24,28). The molecule has 1 atom stereocenters. The lowest BCUT2D eigenvalue weighted by Crippen LogP contribution is -2.48. The van der Waals surface area contributed by atoms with Crippen LogP contribution in [0.25, 0.3) is 15.9 Å². The van der Waals surface area contributed by atoms with Gasteiger partial charge in [0.05, 0.1) is 29.0 Å². The van der Waals surface area contributed by atoms with E-state index in [1.54, 1.807) is 16.8 Å². The molecule has 1 aliphatic rings. The Bertz CT molecular complexity index is 1030. The van der Waals surface area contributed by atoms with Gasteiger partial charge in [0.2, 0.25) is 0 Å². The van der Waals surface area contributed by atoms with Crippen molar-refractivity contribution in [2.45, 2.75) is 26.9 Å². The summed E-state index contributed by atoms with van der Waals surface area (Å²) < 4.78 is 20.9. The molecule has 0 bridgehead atoms. The lowest BCUT2D eigenvalue weighted by molar-refractivity contribution is -0.0295. The van der Waals surface area contributed by atoms with Gasteiger partial charge in [0.1, 0.15) is 10.6 Å². The molecule has 1 unspecified atom stereocenters. The normalized spacial score (nSPS) is 17.7. The number of benzene rings is 1. The highest BCUT2D eigenvalue weighted by atomic mass is 32.1. The van der Waals surface area contributed by atoms with Crippen molar-refractivity contribution in [2.75, 3.05) is 32.8 Å². The van der Waals surface area contributed by atoms with Gasteiger partial charge in [-0.1, -0.05) is 13.8 Å². The van der Waals surface area contributed by atoms with Crippen LogP contribution in [0.4, 0.5) is 4.39 Å². The summed E-state index contributed by atoms with van der Waals surface area (Å²) in [5, 5.41) is 8.51. The Morgan fingerprint density at radius 2 is 2.13 bits per heavy atom. The third-order valence-corrected chi connectivity index (χ3v) is 6.29. The summed E-state index contributed by atoms with van der Waals surface area (Å²) in [5.41, 5.74) is 1.61. The Morgan fingerprint density at radius 3 is 2.87 bits per heavy atom. The SMILES string of the molecule is Cc1nn(-c2ccc(F)cc2)c2sc(C(=O)NCC3CN(CC(C)C)CCO3)cc12. The number of nitrogens with one attached hydrogen (secondary N) is 1. The molecule has 6 nitrogen and oxygen atoms in total. The van der Waals surface area contributed by atoms with E-state index in [-0.39, 0.29) is 17.8 Å². The molecule has 4 rings (SSSR count). The zero-order chi connectivity index (χ0) is 21.3. The average molecular weight is 431 g/mol. The molecule has 1 N–H and O–H groups in total. The zero-order valence-corrected chi connectivity index (χ0v) is 18.3. The number of amides is 1. The van der Waals surface area contributed by atoms with E-state index in [9.17, 15) is 9.18 Å². The summed E-state index contributed by atoms with van der Waals surface area (Å²) in [6, 6.07) is 8.07. The number of aryl methyl sites for hydroxylation is 1. The fraction of sp³-hybridized carbons (Fsp3) is 0.455. The Kier molecular flexibility index (Phi) is 6.17. The highest BCUT2D eigenvalue weighted by Gasteiger charge is 2.23. The summed E-state index contributed by atoms with van der Waals surface area (Å²) in [6.45, 7) is 10.3. The lowest BCUT2D eigenvalue weighted by atomic mass is 10.2. The number of morpholine rings is 1. The Morgan fingerprint density at radius 1 is 1.37 bits per heavy atom. The number of nitrogens with zero attached hydrogens (tertiary/aromatic N) is 3. The van der Waals surface area contributed by atoms with Crippen LogP contribution >= 0.6 is 11.3 Å². The summed E-state index contributed by atoms with van der Waals surface area (Å²) >= 11 is 1.39. The summed E-state index contributed by atoms with van der Waals surface area (Å²) in [6.07, 6.45) is 0.00673. The van der Waals surface area contributed by atoms with Crippen LogP contribution in [-0.4, -0.2) is 59.5 Å². The Balaban J connectivity index is 1.45. The van der Waals surface area contributed by atoms with E-state index in [0.29, 0.717) is 23.9 Å². The molecule has 3 heterocycles. The quantitative estimate of drug-likeness (QED) is 0.649. The first kappa shape index (κ1) is 21.0. The summed E-state index contributed by atoms with van der Waals surface area (Å²) in [5.74, 6) is 0.216. The number of thiophene rings is 1. The Labute approximate surface area is 179 Å². The zero-order valence-electron chi connectivity index (χ0n) is 17.5. The minimum absolute atomic E-state index is 0.00673. The van der Waals surface area contributed by atoms with Crippen LogP contribution < -0.4 is 5.32 Å². The molecule has 1 saturated heterocycles. The second-order valence-electron chi connectivity index (χ2n) is 8.16. The first-order valence-electron chi connectivity index (χ1n) is 10.3. The minimum atomic E-state index is -0.290. The topological polar surface area (TPSA) is 59.4 Å². The molecule has 0 aliphatic carbocycles. The second-order valence-corrected chi connectivity index (χ2v) is 9.19. The average Bonchev–Trinajstić information content (AvgIpc) is 3.27. The number of fused-ring (bicyclic) bond motifs is 1. The van der Waals surface area contributed by atoms with Gasteiger partial charge < -0.3 is 10.1 Å². The molecule has 2 aromatic heterocycles. The van der Waals surface area contributed by atoms with Crippen molar-refractivity contribution in [3.63, 3.8) is 0 Å². The number of hydrogen-bond acceptors (Lipinski definition) is 5. The molecule has 1 aliphatic heterocycles. The van der Waals surface area contributed by atoms with Crippen molar-refractivity contribution in [1.29, 1.82) is 0 Å². The smallest absolute Gasteiger partial charge is 0.261 e. The fourth-order valence-electron chi connectivity index (χ4n) is 3.80. The number of aromatic nitrogens is 2. The first-order chi connectivity index (χ1) is 14.4. The lowest BCUT2D eigenvalue weighted by Gasteiger charge is -2.33. The molecule has 160 valence electrons. The third kappa shape index (κ3) is 4.55. The van der Waals surface area contributed by atoms with Gasteiger partial charge in [-0.15, -0.1) is 11.3 Å². The Hall–Kier alpha value is -2.29.